The van der Waals surface area contributed by atoms with Crippen LogP contribution in [-0.2, 0) is 11.3 Å². The van der Waals surface area contributed by atoms with Crippen molar-refractivity contribution in [3.05, 3.63) is 35.9 Å². The van der Waals surface area contributed by atoms with Crippen molar-refractivity contribution in [2.45, 2.75) is 19.2 Å². The van der Waals surface area contributed by atoms with Crippen LogP contribution in [0.15, 0.2) is 30.3 Å². The van der Waals surface area contributed by atoms with Crippen LogP contribution in [-0.4, -0.2) is 36.2 Å². The lowest BCUT2D eigenvalue weighted by Gasteiger charge is -2.12. The van der Waals surface area contributed by atoms with E-state index in [0.717, 1.165) is 5.56 Å². The molecule has 10 heteroatoms. The van der Waals surface area contributed by atoms with Crippen LogP contribution in [0.4, 0.5) is 22.8 Å². The van der Waals surface area contributed by atoms with E-state index in [-0.39, 0.29) is 6.61 Å². The molecule has 2 amide bonds. The fourth-order valence-corrected chi connectivity index (χ4v) is 1.20. The van der Waals surface area contributed by atoms with Gasteiger partial charge in [0.05, 0.1) is 6.42 Å². The number of nitrogens with zero attached hydrogens (tertiary/aromatic N) is 1. The monoisotopic (exact) mass is 355 g/mol. The van der Waals surface area contributed by atoms with Crippen LogP contribution in [0, 0.1) is 0 Å². The Hall–Kier alpha value is -2.00. The quantitative estimate of drug-likeness (QED) is 0.376. The molecule has 0 aromatic heterocycles. The first-order valence-corrected chi connectivity index (χ1v) is 6.69. The van der Waals surface area contributed by atoms with Gasteiger partial charge in [-0.2, -0.15) is 13.2 Å². The van der Waals surface area contributed by atoms with Gasteiger partial charge in [-0.3, -0.25) is 5.01 Å². The largest absolute Gasteiger partial charge is 0.449 e. The first-order chi connectivity index (χ1) is 10.6. The summed E-state index contributed by atoms with van der Waals surface area (Å²) in [6.07, 6.45) is -5.30. The number of ether oxygens (including phenoxy) is 1. The Morgan fingerprint density at radius 1 is 1.30 bits per heavy atom. The van der Waals surface area contributed by atoms with Crippen molar-refractivity contribution >= 4 is 23.1 Å². The Bertz CT molecular complexity index is 484. The molecule has 0 aliphatic heterocycles. The van der Waals surface area contributed by atoms with Crippen LogP contribution >= 0.6 is 11.6 Å². The number of carbonyl (C=O) groups is 2. The second-order valence-electron chi connectivity index (χ2n) is 4.22. The Morgan fingerprint density at radius 3 is 2.30 bits per heavy atom. The molecular formula is C13H17ClF3N3O3. The van der Waals surface area contributed by atoms with E-state index in [0.29, 0.717) is 5.01 Å². The minimum absolute atomic E-state index is 0.239. The fourth-order valence-electron chi connectivity index (χ4n) is 1.15. The van der Waals surface area contributed by atoms with Crippen LogP contribution in [0.5, 0.6) is 0 Å². The van der Waals surface area contributed by atoms with Gasteiger partial charge in [0, 0.05) is 25.2 Å². The molecule has 0 saturated carbocycles. The third kappa shape index (κ3) is 13.4. The number of carbonyl (C=O) groups excluding carboxylic acids is 2. The highest BCUT2D eigenvalue weighted by molar-refractivity contribution is 6.61. The van der Waals surface area contributed by atoms with E-state index in [9.17, 15) is 22.8 Å². The Morgan fingerprint density at radius 2 is 1.87 bits per heavy atom. The fraction of sp³-hybridized carbons (Fsp3) is 0.385. The molecule has 0 unspecified atom stereocenters. The van der Waals surface area contributed by atoms with Gasteiger partial charge >= 0.3 is 17.6 Å². The van der Waals surface area contributed by atoms with Gasteiger partial charge in [-0.05, 0) is 5.56 Å². The number of halogens is 4. The maximum Gasteiger partial charge on any atom is 0.404 e. The summed E-state index contributed by atoms with van der Waals surface area (Å²) in [6, 6.07) is 8.62. The molecule has 3 N–H and O–H groups in total. The summed E-state index contributed by atoms with van der Waals surface area (Å²) in [6.45, 7) is -0.215. The number of nitrogens with two attached hydrogens (primary N) is 1. The highest BCUT2D eigenvalue weighted by Crippen LogP contribution is 2.18. The van der Waals surface area contributed by atoms with Crippen molar-refractivity contribution in [1.29, 1.82) is 0 Å². The zero-order valence-electron chi connectivity index (χ0n) is 12.3. The number of urea groups is 1. The molecule has 0 radical (unpaired) electrons. The van der Waals surface area contributed by atoms with Crippen molar-refractivity contribution in [1.82, 2.24) is 10.3 Å². The SMILES string of the molecule is CN(N)C(=O)NCCC(F)(F)F.O=C(Cl)OCc1ccccc1. The topological polar surface area (TPSA) is 84.7 Å². The average Bonchev–Trinajstić information content (AvgIpc) is 2.45. The summed E-state index contributed by atoms with van der Waals surface area (Å²) in [7, 11) is 1.24. The van der Waals surface area contributed by atoms with Gasteiger partial charge < -0.3 is 10.1 Å². The van der Waals surface area contributed by atoms with Gasteiger partial charge in [0.15, 0.2) is 0 Å². The second kappa shape index (κ2) is 10.7. The summed E-state index contributed by atoms with van der Waals surface area (Å²) in [4.78, 5) is 20.7. The van der Waals surface area contributed by atoms with E-state index in [1.807, 2.05) is 35.6 Å². The summed E-state index contributed by atoms with van der Waals surface area (Å²) in [5, 5.41) is 2.66. The lowest BCUT2D eigenvalue weighted by molar-refractivity contribution is -0.133. The minimum Gasteiger partial charge on any atom is -0.449 e. The van der Waals surface area contributed by atoms with E-state index < -0.39 is 30.6 Å². The number of hydrogen-bond acceptors (Lipinski definition) is 4. The molecule has 0 spiro atoms. The maximum atomic E-state index is 11.5. The second-order valence-corrected chi connectivity index (χ2v) is 4.53. The van der Waals surface area contributed by atoms with E-state index in [1.165, 1.54) is 7.05 Å². The Kier molecular flexibility index (Phi) is 9.75. The van der Waals surface area contributed by atoms with Crippen molar-refractivity contribution < 1.29 is 27.5 Å². The number of rotatable bonds is 4. The highest BCUT2D eigenvalue weighted by atomic mass is 35.5. The minimum atomic E-state index is -4.25. The molecule has 0 atom stereocenters. The highest BCUT2D eigenvalue weighted by Gasteiger charge is 2.26. The molecule has 6 nitrogen and oxygen atoms in total. The first kappa shape index (κ1) is 21.0. The summed E-state index contributed by atoms with van der Waals surface area (Å²) >= 11 is 4.97. The Labute approximate surface area is 136 Å². The Balaban J connectivity index is 0.000000422. The number of nitrogens with one attached hydrogen (secondary N) is 1. The number of alkyl halides is 3. The van der Waals surface area contributed by atoms with Crippen molar-refractivity contribution in [3.8, 4) is 0 Å². The van der Waals surface area contributed by atoms with Gasteiger partial charge in [-0.15, -0.1) is 0 Å². The van der Waals surface area contributed by atoms with Crippen molar-refractivity contribution in [2.75, 3.05) is 13.6 Å². The van der Waals surface area contributed by atoms with E-state index in [4.69, 9.17) is 17.4 Å². The zero-order chi connectivity index (χ0) is 17.9. The van der Waals surface area contributed by atoms with E-state index in [1.54, 1.807) is 0 Å². The van der Waals surface area contributed by atoms with Gasteiger partial charge in [-0.1, -0.05) is 30.3 Å². The lowest BCUT2D eigenvalue weighted by atomic mass is 10.2. The molecule has 0 saturated heterocycles. The lowest BCUT2D eigenvalue weighted by Crippen LogP contribution is -2.42. The summed E-state index contributed by atoms with van der Waals surface area (Å²) < 4.78 is 39.1. The normalized spacial score (nSPS) is 10.2. The third-order valence-corrected chi connectivity index (χ3v) is 2.31. The smallest absolute Gasteiger partial charge is 0.404 e. The zero-order valence-corrected chi connectivity index (χ0v) is 13.0. The molecule has 0 bridgehead atoms. The first-order valence-electron chi connectivity index (χ1n) is 6.31. The molecule has 0 aliphatic carbocycles. The summed E-state index contributed by atoms with van der Waals surface area (Å²) in [5.41, 5.74) is 0.162. The van der Waals surface area contributed by atoms with Crippen LogP contribution in [0.25, 0.3) is 0 Å². The van der Waals surface area contributed by atoms with Gasteiger partial charge in [0.1, 0.15) is 6.61 Å². The number of hydrazine groups is 1. The van der Waals surface area contributed by atoms with Crippen LogP contribution in [0.3, 0.4) is 0 Å². The van der Waals surface area contributed by atoms with Gasteiger partial charge in [0.25, 0.3) is 0 Å². The standard InChI is InChI=1S/C8H7ClO2.C5H10F3N3O/c9-8(10)11-6-7-4-2-1-3-5-7;1-11(9)4(12)10-3-2-5(6,7)8/h1-5H,6H2;2-3,9H2,1H3,(H,10,12). The molecule has 1 aromatic rings. The van der Waals surface area contributed by atoms with Gasteiger partial charge in [-0.25, -0.2) is 15.4 Å². The average molecular weight is 356 g/mol. The predicted octanol–water partition coefficient (Wildman–Crippen LogP) is 3.02. The van der Waals surface area contributed by atoms with Crippen molar-refractivity contribution in [2.24, 2.45) is 5.84 Å². The molecule has 1 aromatic carbocycles. The molecule has 0 fully saturated rings. The third-order valence-electron chi connectivity index (χ3n) is 2.20. The maximum absolute atomic E-state index is 11.5. The van der Waals surface area contributed by atoms with E-state index >= 15 is 0 Å². The van der Waals surface area contributed by atoms with Crippen molar-refractivity contribution in [3.63, 3.8) is 0 Å². The van der Waals surface area contributed by atoms with Gasteiger partial charge in [0.2, 0.25) is 0 Å². The van der Waals surface area contributed by atoms with Crippen LogP contribution in [0.1, 0.15) is 12.0 Å². The number of amides is 2. The number of benzene rings is 1. The van der Waals surface area contributed by atoms with E-state index in [2.05, 4.69) is 4.74 Å². The molecule has 130 valence electrons. The molecular weight excluding hydrogens is 339 g/mol. The predicted molar refractivity (Wildman–Crippen MR) is 78.5 cm³/mol. The molecule has 0 aliphatic rings. The molecule has 23 heavy (non-hydrogen) atoms. The van der Waals surface area contributed by atoms with Crippen LogP contribution in [0.2, 0.25) is 0 Å². The molecule has 1 rings (SSSR count). The van der Waals surface area contributed by atoms with Crippen LogP contribution < -0.4 is 11.2 Å². The number of hydrogen-bond donors (Lipinski definition) is 2. The molecule has 0 heterocycles. The summed E-state index contributed by atoms with van der Waals surface area (Å²) in [5.74, 6) is 4.93.